The third-order valence-electron chi connectivity index (χ3n) is 3.96. The minimum absolute atomic E-state index is 0.104. The van der Waals surface area contributed by atoms with E-state index < -0.39 is 5.91 Å². The van der Waals surface area contributed by atoms with E-state index in [1.807, 2.05) is 30.3 Å². The molecule has 0 saturated carbocycles. The van der Waals surface area contributed by atoms with Crippen LogP contribution >= 0.6 is 46.3 Å². The molecule has 0 bridgehead atoms. The molecular formula is C20H13Cl2N5O3S2. The van der Waals surface area contributed by atoms with Crippen LogP contribution in [0.25, 0.3) is 11.3 Å². The van der Waals surface area contributed by atoms with Crippen LogP contribution in [0, 0.1) is 0 Å². The predicted molar refractivity (Wildman–Crippen MR) is 126 cm³/mol. The Morgan fingerprint density at radius 1 is 1.00 bits per heavy atom. The first kappa shape index (κ1) is 22.3. The largest absolute Gasteiger partial charge is 0.355 e. The maximum absolute atomic E-state index is 12.4. The highest BCUT2D eigenvalue weighted by molar-refractivity contribution is 8.01. The maximum atomic E-state index is 12.4. The molecule has 0 saturated heterocycles. The van der Waals surface area contributed by atoms with Crippen LogP contribution < -0.4 is 10.6 Å². The normalized spacial score (nSPS) is 10.7. The van der Waals surface area contributed by atoms with Gasteiger partial charge in [0.05, 0.1) is 15.8 Å². The summed E-state index contributed by atoms with van der Waals surface area (Å²) in [6, 6.07) is 15.7. The average Bonchev–Trinajstić information content (AvgIpc) is 3.45. The van der Waals surface area contributed by atoms with Crippen LogP contribution in [0.15, 0.2) is 63.5 Å². The van der Waals surface area contributed by atoms with Crippen LogP contribution in [0.2, 0.25) is 10.0 Å². The summed E-state index contributed by atoms with van der Waals surface area (Å²) < 4.78 is 5.76. The number of halogens is 2. The van der Waals surface area contributed by atoms with E-state index in [0.29, 0.717) is 25.8 Å². The van der Waals surface area contributed by atoms with Crippen molar-refractivity contribution in [2.24, 2.45) is 0 Å². The van der Waals surface area contributed by atoms with E-state index in [0.717, 1.165) is 16.9 Å². The smallest absolute Gasteiger partial charge is 0.279 e. The van der Waals surface area contributed by atoms with Gasteiger partial charge in [0, 0.05) is 17.3 Å². The van der Waals surface area contributed by atoms with Crippen molar-refractivity contribution >= 4 is 68.9 Å². The number of aromatic nitrogens is 3. The zero-order chi connectivity index (χ0) is 22.5. The highest BCUT2D eigenvalue weighted by Crippen LogP contribution is 2.28. The minimum Gasteiger partial charge on any atom is -0.355 e. The standard InChI is InChI=1S/C20H13Cl2N5O3S2/c21-13-7-6-12(8-14(13)22)23-17(28)10-31-20-26-25-19(32-20)24-18(29)15-9-16(30-27-15)11-4-2-1-3-5-11/h1-9H,10H2,(H,23,28)(H,24,25,29). The summed E-state index contributed by atoms with van der Waals surface area (Å²) in [5, 5.41) is 18.1. The van der Waals surface area contributed by atoms with Gasteiger partial charge in [-0.2, -0.15) is 0 Å². The Morgan fingerprint density at radius 2 is 1.81 bits per heavy atom. The van der Waals surface area contributed by atoms with Gasteiger partial charge in [0.2, 0.25) is 11.0 Å². The second kappa shape index (κ2) is 10.1. The molecule has 32 heavy (non-hydrogen) atoms. The van der Waals surface area contributed by atoms with Crippen molar-refractivity contribution < 1.29 is 14.1 Å². The van der Waals surface area contributed by atoms with Gasteiger partial charge in [-0.3, -0.25) is 14.9 Å². The Bertz CT molecular complexity index is 1260. The van der Waals surface area contributed by atoms with Gasteiger partial charge in [-0.15, -0.1) is 10.2 Å². The third-order valence-corrected chi connectivity index (χ3v) is 6.67. The zero-order valence-electron chi connectivity index (χ0n) is 16.0. The maximum Gasteiger partial charge on any atom is 0.279 e. The van der Waals surface area contributed by atoms with Crippen LogP contribution in [0.3, 0.4) is 0 Å². The fourth-order valence-corrected chi connectivity index (χ4v) is 4.34. The van der Waals surface area contributed by atoms with Crippen molar-refractivity contribution in [1.82, 2.24) is 15.4 Å². The number of rotatable bonds is 7. The van der Waals surface area contributed by atoms with Crippen LogP contribution in [0.5, 0.6) is 0 Å². The van der Waals surface area contributed by atoms with E-state index in [4.69, 9.17) is 27.7 Å². The number of thioether (sulfide) groups is 1. The quantitative estimate of drug-likeness (QED) is 0.252. The molecule has 0 atom stereocenters. The molecule has 2 aromatic carbocycles. The average molecular weight is 506 g/mol. The SMILES string of the molecule is O=C(CSc1nnc(NC(=O)c2cc(-c3ccccc3)on2)s1)Nc1ccc(Cl)c(Cl)c1. The van der Waals surface area contributed by atoms with Crippen LogP contribution in [-0.4, -0.2) is 32.9 Å². The summed E-state index contributed by atoms with van der Waals surface area (Å²) >= 11 is 14.1. The second-order valence-electron chi connectivity index (χ2n) is 6.24. The van der Waals surface area contributed by atoms with Gasteiger partial charge in [0.15, 0.2) is 15.8 Å². The van der Waals surface area contributed by atoms with E-state index in [1.54, 1.807) is 24.3 Å². The molecule has 12 heteroatoms. The van der Waals surface area contributed by atoms with E-state index in [9.17, 15) is 9.59 Å². The van der Waals surface area contributed by atoms with E-state index in [2.05, 4.69) is 26.0 Å². The topological polar surface area (TPSA) is 110 Å². The lowest BCUT2D eigenvalue weighted by atomic mass is 10.1. The lowest BCUT2D eigenvalue weighted by molar-refractivity contribution is -0.113. The number of hydrogen-bond donors (Lipinski definition) is 2. The van der Waals surface area contributed by atoms with Crippen molar-refractivity contribution in [3.05, 3.63) is 70.3 Å². The van der Waals surface area contributed by atoms with Gasteiger partial charge < -0.3 is 9.84 Å². The molecule has 8 nitrogen and oxygen atoms in total. The number of amides is 2. The summed E-state index contributed by atoms with van der Waals surface area (Å²) in [6.07, 6.45) is 0. The first-order chi connectivity index (χ1) is 15.5. The first-order valence-electron chi connectivity index (χ1n) is 9.02. The third kappa shape index (κ3) is 5.65. The fraction of sp³-hybridized carbons (Fsp3) is 0.0500. The monoisotopic (exact) mass is 505 g/mol. The van der Waals surface area contributed by atoms with E-state index in [1.165, 1.54) is 11.8 Å². The number of hydrogen-bond acceptors (Lipinski definition) is 8. The Balaban J connectivity index is 1.30. The summed E-state index contributed by atoms with van der Waals surface area (Å²) in [5.74, 6) is -0.129. The molecule has 0 fully saturated rings. The van der Waals surface area contributed by atoms with Crippen LogP contribution in [0.4, 0.5) is 10.8 Å². The molecule has 2 N–H and O–H groups in total. The van der Waals surface area contributed by atoms with Crippen LogP contribution in [-0.2, 0) is 4.79 Å². The zero-order valence-corrected chi connectivity index (χ0v) is 19.2. The number of anilines is 2. The van der Waals surface area contributed by atoms with Gasteiger partial charge in [0.25, 0.3) is 5.91 Å². The molecule has 0 aliphatic heterocycles. The van der Waals surface area contributed by atoms with Gasteiger partial charge >= 0.3 is 0 Å². The highest BCUT2D eigenvalue weighted by Gasteiger charge is 2.16. The summed E-state index contributed by atoms with van der Waals surface area (Å²) in [4.78, 5) is 24.5. The number of carbonyl (C=O) groups excluding carboxylic acids is 2. The number of nitrogens with zero attached hydrogens (tertiary/aromatic N) is 3. The molecule has 0 radical (unpaired) electrons. The molecule has 0 unspecified atom stereocenters. The lowest BCUT2D eigenvalue weighted by Gasteiger charge is -2.05. The Morgan fingerprint density at radius 3 is 2.59 bits per heavy atom. The number of carbonyl (C=O) groups is 2. The van der Waals surface area contributed by atoms with E-state index >= 15 is 0 Å². The number of nitrogens with one attached hydrogen (secondary N) is 2. The van der Waals surface area contributed by atoms with Crippen LogP contribution in [0.1, 0.15) is 10.5 Å². The number of benzene rings is 2. The van der Waals surface area contributed by atoms with Crippen molar-refractivity contribution in [3.8, 4) is 11.3 Å². The summed E-state index contributed by atoms with van der Waals surface area (Å²) in [7, 11) is 0. The molecule has 0 aliphatic rings. The minimum atomic E-state index is -0.471. The molecule has 0 aliphatic carbocycles. The Labute approximate surface area is 200 Å². The molecular weight excluding hydrogens is 493 g/mol. The van der Waals surface area contributed by atoms with Gasteiger partial charge in [-0.1, -0.05) is 81.8 Å². The summed E-state index contributed by atoms with van der Waals surface area (Å²) in [5.41, 5.74) is 1.47. The molecule has 162 valence electrons. The van der Waals surface area contributed by atoms with Gasteiger partial charge in [0.1, 0.15) is 0 Å². The predicted octanol–water partition coefficient (Wildman–Crippen LogP) is 5.48. The second-order valence-corrected chi connectivity index (χ2v) is 9.25. The molecule has 2 heterocycles. The van der Waals surface area contributed by atoms with Crippen molar-refractivity contribution in [2.45, 2.75) is 4.34 Å². The molecule has 0 spiro atoms. The highest BCUT2D eigenvalue weighted by atomic mass is 35.5. The molecule has 4 aromatic rings. The van der Waals surface area contributed by atoms with E-state index in [-0.39, 0.29) is 22.5 Å². The Kier molecular flexibility index (Phi) is 7.05. The summed E-state index contributed by atoms with van der Waals surface area (Å²) in [6.45, 7) is 0. The van der Waals surface area contributed by atoms with Gasteiger partial charge in [-0.05, 0) is 18.2 Å². The lowest BCUT2D eigenvalue weighted by Crippen LogP contribution is -2.13. The van der Waals surface area contributed by atoms with Crippen molar-refractivity contribution in [1.29, 1.82) is 0 Å². The molecule has 4 rings (SSSR count). The van der Waals surface area contributed by atoms with Crippen molar-refractivity contribution in [2.75, 3.05) is 16.4 Å². The molecule has 2 amide bonds. The van der Waals surface area contributed by atoms with Gasteiger partial charge in [-0.25, -0.2) is 0 Å². The fourth-order valence-electron chi connectivity index (χ4n) is 2.50. The first-order valence-corrected chi connectivity index (χ1v) is 11.6. The van der Waals surface area contributed by atoms with Crippen molar-refractivity contribution in [3.63, 3.8) is 0 Å². The molecule has 2 aromatic heterocycles. The Hall–Kier alpha value is -2.92.